The van der Waals surface area contributed by atoms with E-state index in [0.29, 0.717) is 0 Å². The Morgan fingerprint density at radius 2 is 2.00 bits per heavy atom. The van der Waals surface area contributed by atoms with Crippen molar-refractivity contribution < 1.29 is 22.3 Å². The molecule has 1 heterocycles. The van der Waals surface area contributed by atoms with Crippen LogP contribution in [0.15, 0.2) is 47.4 Å². The number of hydrogen-bond acceptors (Lipinski definition) is 4. The van der Waals surface area contributed by atoms with Crippen LogP contribution in [0.3, 0.4) is 0 Å². The van der Waals surface area contributed by atoms with E-state index < -0.39 is 32.7 Å². The summed E-state index contributed by atoms with van der Waals surface area (Å²) in [5.74, 6) is -1.63. The maximum absolute atomic E-state index is 14.1. The molecule has 0 radical (unpaired) electrons. The molecule has 0 saturated carbocycles. The van der Waals surface area contributed by atoms with Crippen molar-refractivity contribution in [2.45, 2.75) is 11.0 Å². The van der Waals surface area contributed by atoms with E-state index in [-0.39, 0.29) is 23.0 Å². The van der Waals surface area contributed by atoms with Crippen LogP contribution in [0.25, 0.3) is 0 Å². The monoisotopic (exact) mass is 370 g/mol. The number of hydrogen-bond donors (Lipinski definition) is 1. The number of anilines is 1. The number of para-hydroxylation sites is 2. The van der Waals surface area contributed by atoms with Gasteiger partial charge in [0, 0.05) is 5.02 Å². The first kappa shape index (κ1) is 16.5. The molecule has 2 N–H and O–H groups in total. The maximum Gasteiger partial charge on any atom is 0.267 e. The number of carbonyl (C=O) groups is 1. The number of fused-ring (bicyclic) bond motifs is 1. The quantitative estimate of drug-likeness (QED) is 0.893. The molecule has 126 valence electrons. The van der Waals surface area contributed by atoms with Gasteiger partial charge in [-0.15, -0.1) is 0 Å². The van der Waals surface area contributed by atoms with Crippen LogP contribution in [0.5, 0.6) is 5.75 Å². The minimum atomic E-state index is -4.28. The molecule has 0 spiro atoms. The predicted octanol–water partition coefficient (Wildman–Crippen LogP) is 1.92. The highest BCUT2D eigenvalue weighted by Gasteiger charge is 2.37. The van der Waals surface area contributed by atoms with Crippen LogP contribution in [0, 0.1) is 5.82 Å². The van der Waals surface area contributed by atoms with Gasteiger partial charge in [-0.2, -0.15) is 0 Å². The number of nitrogens with two attached hydrogens (primary N) is 1. The zero-order valence-corrected chi connectivity index (χ0v) is 13.7. The molecule has 0 bridgehead atoms. The number of primary amides is 1. The van der Waals surface area contributed by atoms with Crippen molar-refractivity contribution in [3.63, 3.8) is 0 Å². The highest BCUT2D eigenvalue weighted by atomic mass is 35.5. The summed E-state index contributed by atoms with van der Waals surface area (Å²) in [5, 5.41) is 0.0730. The zero-order valence-electron chi connectivity index (χ0n) is 12.1. The van der Waals surface area contributed by atoms with Gasteiger partial charge in [0.2, 0.25) is 0 Å². The second-order valence-electron chi connectivity index (χ2n) is 5.09. The summed E-state index contributed by atoms with van der Waals surface area (Å²) in [7, 11) is -4.28. The molecule has 0 aromatic heterocycles. The first-order valence-electron chi connectivity index (χ1n) is 6.83. The van der Waals surface area contributed by atoms with Crippen molar-refractivity contribution in [3.05, 3.63) is 53.3 Å². The number of amides is 1. The van der Waals surface area contributed by atoms with Gasteiger partial charge in [0.25, 0.3) is 15.9 Å². The summed E-state index contributed by atoms with van der Waals surface area (Å²) >= 11 is 5.67. The lowest BCUT2D eigenvalue weighted by Gasteiger charge is -2.34. The van der Waals surface area contributed by atoms with E-state index in [4.69, 9.17) is 22.1 Å². The van der Waals surface area contributed by atoms with E-state index in [0.717, 1.165) is 16.4 Å². The standard InChI is InChI=1S/C15H12ClFN2O4S/c16-9-5-6-14(10(17)7-9)24(21,22)19-8-13(15(18)20)23-12-4-2-1-3-11(12)19/h1-7,13H,8H2,(H2,18,20)/t13-/m1/s1. The van der Waals surface area contributed by atoms with Crippen LogP contribution in [-0.2, 0) is 14.8 Å². The van der Waals surface area contributed by atoms with Crippen LogP contribution < -0.4 is 14.8 Å². The minimum absolute atomic E-state index is 0.0730. The van der Waals surface area contributed by atoms with Crippen LogP contribution >= 0.6 is 11.6 Å². The maximum atomic E-state index is 14.1. The summed E-state index contributed by atoms with van der Waals surface area (Å²) in [6.45, 7) is -0.350. The van der Waals surface area contributed by atoms with Gasteiger partial charge in [-0.3, -0.25) is 9.10 Å². The van der Waals surface area contributed by atoms with Gasteiger partial charge >= 0.3 is 0 Å². The molecular weight excluding hydrogens is 359 g/mol. The Morgan fingerprint density at radius 1 is 1.29 bits per heavy atom. The molecule has 1 aliphatic rings. The molecule has 3 rings (SSSR count). The van der Waals surface area contributed by atoms with Crippen molar-refractivity contribution in [1.82, 2.24) is 0 Å². The van der Waals surface area contributed by atoms with Crippen molar-refractivity contribution in [3.8, 4) is 5.75 Å². The Hall–Kier alpha value is -2.32. The molecule has 24 heavy (non-hydrogen) atoms. The third-order valence-corrected chi connectivity index (χ3v) is 5.56. The fourth-order valence-electron chi connectivity index (χ4n) is 2.38. The van der Waals surface area contributed by atoms with Crippen LogP contribution in [0.4, 0.5) is 10.1 Å². The third kappa shape index (κ3) is 2.78. The van der Waals surface area contributed by atoms with Gasteiger partial charge < -0.3 is 10.5 Å². The lowest BCUT2D eigenvalue weighted by molar-refractivity contribution is -0.124. The summed E-state index contributed by atoms with van der Waals surface area (Å²) < 4.78 is 46.2. The van der Waals surface area contributed by atoms with Gasteiger partial charge in [0.1, 0.15) is 16.5 Å². The van der Waals surface area contributed by atoms with Crippen molar-refractivity contribution in [1.29, 1.82) is 0 Å². The number of rotatable bonds is 3. The van der Waals surface area contributed by atoms with Gasteiger partial charge in [-0.05, 0) is 30.3 Å². The van der Waals surface area contributed by atoms with Gasteiger partial charge in [0.05, 0.1) is 12.2 Å². The molecular formula is C15H12ClFN2O4S. The number of nitrogens with zero attached hydrogens (tertiary/aromatic N) is 1. The lowest BCUT2D eigenvalue weighted by atomic mass is 10.2. The molecule has 1 amide bonds. The topological polar surface area (TPSA) is 89.7 Å². The molecule has 1 atom stereocenters. The van der Waals surface area contributed by atoms with Crippen LogP contribution in [0.1, 0.15) is 0 Å². The molecule has 0 aliphatic carbocycles. The summed E-state index contributed by atoms with van der Waals surface area (Å²) in [5.41, 5.74) is 5.44. The molecule has 0 saturated heterocycles. The van der Waals surface area contributed by atoms with Gasteiger partial charge in [-0.25, -0.2) is 12.8 Å². The van der Waals surface area contributed by atoms with Crippen LogP contribution in [0.2, 0.25) is 5.02 Å². The summed E-state index contributed by atoms with van der Waals surface area (Å²) in [6.07, 6.45) is -1.18. The number of sulfonamides is 1. The Morgan fingerprint density at radius 3 is 2.67 bits per heavy atom. The predicted molar refractivity (Wildman–Crippen MR) is 86.0 cm³/mol. The third-order valence-electron chi connectivity index (χ3n) is 3.51. The molecule has 2 aromatic rings. The zero-order chi connectivity index (χ0) is 17.5. The van der Waals surface area contributed by atoms with Crippen molar-refractivity contribution in [2.24, 2.45) is 5.73 Å². The first-order chi connectivity index (χ1) is 11.3. The largest absolute Gasteiger partial charge is 0.476 e. The lowest BCUT2D eigenvalue weighted by Crippen LogP contribution is -2.49. The minimum Gasteiger partial charge on any atom is -0.476 e. The smallest absolute Gasteiger partial charge is 0.267 e. The first-order valence-corrected chi connectivity index (χ1v) is 8.65. The second-order valence-corrected chi connectivity index (χ2v) is 7.35. The van der Waals surface area contributed by atoms with E-state index in [1.165, 1.54) is 18.2 Å². The van der Waals surface area contributed by atoms with E-state index in [9.17, 15) is 17.6 Å². The number of ether oxygens (including phenoxy) is 1. The van der Waals surface area contributed by atoms with E-state index in [1.807, 2.05) is 0 Å². The molecule has 9 heteroatoms. The van der Waals surface area contributed by atoms with Crippen molar-refractivity contribution >= 4 is 33.2 Å². The van der Waals surface area contributed by atoms with E-state index in [1.54, 1.807) is 12.1 Å². The normalized spacial score (nSPS) is 17.1. The SMILES string of the molecule is NC(=O)[C@H]1CN(S(=O)(=O)c2ccc(Cl)cc2F)c2ccccc2O1. The van der Waals surface area contributed by atoms with E-state index >= 15 is 0 Å². The Kier molecular flexibility index (Phi) is 4.10. The Bertz CT molecular complexity index is 919. The number of halogens is 2. The highest BCUT2D eigenvalue weighted by Crippen LogP contribution is 2.37. The van der Waals surface area contributed by atoms with E-state index in [2.05, 4.69) is 0 Å². The Labute approximate surface area is 142 Å². The average molecular weight is 371 g/mol. The average Bonchev–Trinajstić information content (AvgIpc) is 2.53. The fraction of sp³-hybridized carbons (Fsp3) is 0.133. The Balaban J connectivity index is 2.14. The number of carbonyl (C=O) groups excluding carboxylic acids is 1. The van der Waals surface area contributed by atoms with Gasteiger partial charge in [0.15, 0.2) is 6.10 Å². The fourth-order valence-corrected chi connectivity index (χ4v) is 4.06. The summed E-state index contributed by atoms with van der Waals surface area (Å²) in [4.78, 5) is 10.9. The number of benzene rings is 2. The summed E-state index contributed by atoms with van der Waals surface area (Å²) in [6, 6.07) is 9.48. The molecule has 6 nitrogen and oxygen atoms in total. The van der Waals surface area contributed by atoms with Crippen molar-refractivity contribution in [2.75, 3.05) is 10.8 Å². The van der Waals surface area contributed by atoms with Gasteiger partial charge in [-0.1, -0.05) is 23.7 Å². The molecule has 0 unspecified atom stereocenters. The van der Waals surface area contributed by atoms with Crippen LogP contribution in [-0.4, -0.2) is 27.0 Å². The second kappa shape index (κ2) is 5.95. The molecule has 2 aromatic carbocycles. The highest BCUT2D eigenvalue weighted by molar-refractivity contribution is 7.92. The molecule has 0 fully saturated rings. The molecule has 1 aliphatic heterocycles.